The number of carboxylic acids is 1. The van der Waals surface area contributed by atoms with Crippen molar-refractivity contribution in [1.29, 1.82) is 0 Å². The van der Waals surface area contributed by atoms with Crippen molar-refractivity contribution in [3.8, 4) is 5.75 Å². The summed E-state index contributed by atoms with van der Waals surface area (Å²) in [6.07, 6.45) is 0.920. The monoisotopic (exact) mass is 684 g/mol. The van der Waals surface area contributed by atoms with E-state index >= 15 is 0 Å². The van der Waals surface area contributed by atoms with Gasteiger partial charge in [0.2, 0.25) is 17.0 Å². The van der Waals surface area contributed by atoms with Crippen molar-refractivity contribution in [3.63, 3.8) is 0 Å². The smallest absolute Gasteiger partial charge is 0.352 e. The number of carbonyl (C=O) groups excluding carboxylic acids is 2. The molecule has 3 aromatic heterocycles. The van der Waals surface area contributed by atoms with Gasteiger partial charge in [-0.05, 0) is 5.57 Å². The van der Waals surface area contributed by atoms with E-state index in [2.05, 4.69) is 24.8 Å². The Bertz CT molecular complexity index is 1720. The van der Waals surface area contributed by atoms with Crippen molar-refractivity contribution in [2.45, 2.75) is 26.5 Å². The number of rotatable bonds is 11. The van der Waals surface area contributed by atoms with Crippen molar-refractivity contribution < 1.29 is 34.6 Å². The number of thioether (sulfide) groups is 3. The third-order valence-electron chi connectivity index (χ3n) is 5.88. The van der Waals surface area contributed by atoms with Gasteiger partial charge >= 0.3 is 5.97 Å². The first-order valence-corrected chi connectivity index (χ1v) is 16.5. The van der Waals surface area contributed by atoms with E-state index in [4.69, 9.17) is 10.6 Å². The molecule has 5 heterocycles. The van der Waals surface area contributed by atoms with Crippen LogP contribution in [0.4, 0.5) is 5.13 Å². The van der Waals surface area contributed by atoms with E-state index in [0.717, 1.165) is 23.8 Å². The summed E-state index contributed by atoms with van der Waals surface area (Å²) in [6.45, 7) is 0. The Morgan fingerprint density at radius 1 is 1.28 bits per heavy atom. The Morgan fingerprint density at radius 3 is 2.77 bits per heavy atom. The van der Waals surface area contributed by atoms with Crippen LogP contribution >= 0.6 is 58.2 Å². The molecular formula is C22H20N8O8S5. The second kappa shape index (κ2) is 12.8. The predicted octanol–water partition coefficient (Wildman–Crippen LogP) is 0.855. The van der Waals surface area contributed by atoms with E-state index in [1.54, 1.807) is 5.38 Å². The summed E-state index contributed by atoms with van der Waals surface area (Å²) in [7, 11) is 1.23. The summed E-state index contributed by atoms with van der Waals surface area (Å²) < 4.78 is 5.27. The van der Waals surface area contributed by atoms with Gasteiger partial charge in [-0.25, -0.2) is 9.78 Å². The number of nitrogens with zero attached hydrogens (tertiary/aromatic N) is 6. The van der Waals surface area contributed by atoms with Gasteiger partial charge in [-0.2, -0.15) is 14.1 Å². The molecule has 0 spiro atoms. The number of anilines is 1. The highest BCUT2D eigenvalue weighted by atomic mass is 32.2. The van der Waals surface area contributed by atoms with Gasteiger partial charge in [-0.3, -0.25) is 19.3 Å². The number of aromatic hydroxyl groups is 1. The summed E-state index contributed by atoms with van der Waals surface area (Å²) in [5.41, 5.74) is 5.38. The summed E-state index contributed by atoms with van der Waals surface area (Å²) in [6, 6.07) is 0.132. The number of hydrogen-bond donors (Lipinski definition) is 5. The van der Waals surface area contributed by atoms with E-state index in [-0.39, 0.29) is 39.6 Å². The first kappa shape index (κ1) is 30.7. The lowest BCUT2D eigenvalue weighted by Crippen LogP contribution is -2.71. The van der Waals surface area contributed by atoms with Crippen LogP contribution in [0.25, 0.3) is 0 Å². The number of fused-ring (bicyclic) bond motifs is 1. The molecule has 226 valence electrons. The standard InChI is InChI=1S/C22H20N8O8S5/c1-38-27-13(16-26-21(23)43-28-16)17(33)25-14-18(34)30-15(20(35)36)8(4-40-19(14)30)5-41-22-24-12(7-42-22)39-6-9-2-10(31)11(32)3-29(9)37/h2-3,7,14,19,32,37H,4-6H2,1H3,(H,25,33)(H,35,36)(H2,23,26,28)/b27-13-/t14-,19+/m1/s1. The second-order valence-corrected chi connectivity index (χ2v) is 13.5. The Hall–Kier alpha value is -3.79. The van der Waals surface area contributed by atoms with Gasteiger partial charge in [0.1, 0.15) is 29.2 Å². The zero-order valence-electron chi connectivity index (χ0n) is 21.7. The molecule has 21 heteroatoms. The normalized spacial score (nSPS) is 18.3. The number of nitrogens with two attached hydrogens (primary N) is 1. The van der Waals surface area contributed by atoms with Gasteiger partial charge in [0, 0.05) is 40.2 Å². The molecule has 1 saturated heterocycles. The maximum atomic E-state index is 13.1. The third kappa shape index (κ3) is 6.44. The molecule has 43 heavy (non-hydrogen) atoms. The number of oxime groups is 1. The average molecular weight is 685 g/mol. The number of carboxylic acid groups (broad SMARTS) is 1. The zero-order valence-corrected chi connectivity index (χ0v) is 25.8. The van der Waals surface area contributed by atoms with Crippen LogP contribution < -0.4 is 16.5 Å². The van der Waals surface area contributed by atoms with Gasteiger partial charge in [-0.1, -0.05) is 28.7 Å². The fraction of sp³-hybridized carbons (Fsp3) is 0.273. The van der Waals surface area contributed by atoms with Crippen LogP contribution in [-0.4, -0.2) is 92.9 Å². The average Bonchev–Trinajstić information content (AvgIpc) is 3.62. The van der Waals surface area contributed by atoms with E-state index in [1.807, 2.05) is 0 Å². The van der Waals surface area contributed by atoms with Crippen LogP contribution in [0.15, 0.2) is 48.2 Å². The summed E-state index contributed by atoms with van der Waals surface area (Å²) >= 11 is 6.09. The quantitative estimate of drug-likeness (QED) is 0.0619. The molecule has 3 aromatic rings. The Balaban J connectivity index is 1.22. The molecule has 2 aliphatic rings. The summed E-state index contributed by atoms with van der Waals surface area (Å²) in [5, 5.41) is 37.3. The van der Waals surface area contributed by atoms with Crippen molar-refractivity contribution in [2.75, 3.05) is 24.3 Å². The fourth-order valence-corrected chi connectivity index (χ4v) is 8.75. The molecular weight excluding hydrogens is 665 g/mol. The van der Waals surface area contributed by atoms with Gasteiger partial charge < -0.3 is 31.3 Å². The van der Waals surface area contributed by atoms with Crippen LogP contribution in [-0.2, 0) is 25.0 Å². The topological polar surface area (TPSA) is 235 Å². The van der Waals surface area contributed by atoms with Crippen molar-refractivity contribution in [3.05, 3.63) is 50.7 Å². The lowest BCUT2D eigenvalue weighted by Gasteiger charge is -2.49. The number of amides is 2. The van der Waals surface area contributed by atoms with Gasteiger partial charge in [0.05, 0.1) is 11.9 Å². The molecule has 0 radical (unpaired) electrons. The first-order valence-electron chi connectivity index (χ1n) is 11.8. The largest absolute Gasteiger partial charge is 0.503 e. The Labute approximate surface area is 262 Å². The summed E-state index contributed by atoms with van der Waals surface area (Å²) in [4.78, 5) is 64.1. The number of nitrogens with one attached hydrogen (secondary N) is 1. The number of pyridine rings is 1. The second-order valence-electron chi connectivity index (χ2n) is 8.58. The third-order valence-corrected chi connectivity index (χ3v) is 11.0. The van der Waals surface area contributed by atoms with Gasteiger partial charge in [0.25, 0.3) is 11.8 Å². The predicted molar refractivity (Wildman–Crippen MR) is 160 cm³/mol. The maximum Gasteiger partial charge on any atom is 0.352 e. The van der Waals surface area contributed by atoms with E-state index in [9.17, 15) is 34.6 Å². The maximum absolute atomic E-state index is 13.1. The molecule has 0 unspecified atom stereocenters. The molecule has 1 fully saturated rings. The lowest BCUT2D eigenvalue weighted by atomic mass is 10.0. The number of aromatic nitrogens is 4. The molecule has 16 nitrogen and oxygen atoms in total. The van der Waals surface area contributed by atoms with Gasteiger partial charge in [0.15, 0.2) is 15.2 Å². The highest BCUT2D eigenvalue weighted by Gasteiger charge is 2.54. The number of nitrogen functional groups attached to an aromatic ring is 1. The number of aliphatic carboxylic acids is 1. The highest BCUT2D eigenvalue weighted by molar-refractivity contribution is 8.02. The molecule has 0 aromatic carbocycles. The van der Waals surface area contributed by atoms with Crippen molar-refractivity contribution in [1.82, 2.24) is 29.3 Å². The van der Waals surface area contributed by atoms with Crippen LogP contribution in [0.1, 0.15) is 11.5 Å². The Morgan fingerprint density at radius 2 is 2.07 bits per heavy atom. The minimum atomic E-state index is -1.26. The van der Waals surface area contributed by atoms with E-state index in [0.29, 0.717) is 25.4 Å². The van der Waals surface area contributed by atoms with E-state index in [1.165, 1.54) is 58.6 Å². The van der Waals surface area contributed by atoms with Crippen molar-refractivity contribution >= 4 is 86.8 Å². The number of β-lactam (4-membered cyclic amide) rings is 1. The SMILES string of the molecule is CO/N=C(\C(=O)N[C@@H]1C(=O)N2C(C(=O)O)=C(CSc3nc(SCc4cc(=O)c(O)cn4O)cs3)CS[C@@H]12)c1nsc(N)n1. The first-order chi connectivity index (χ1) is 20.6. The van der Waals surface area contributed by atoms with Crippen LogP contribution in [0.2, 0.25) is 0 Å². The molecule has 2 amide bonds. The number of hydrogen-bond acceptors (Lipinski definition) is 17. The molecule has 2 atom stereocenters. The van der Waals surface area contributed by atoms with Crippen LogP contribution in [0.5, 0.6) is 5.75 Å². The summed E-state index contributed by atoms with van der Waals surface area (Å²) in [5.74, 6) is -2.47. The van der Waals surface area contributed by atoms with Crippen molar-refractivity contribution in [2.24, 2.45) is 5.16 Å². The minimum Gasteiger partial charge on any atom is -0.503 e. The minimum absolute atomic E-state index is 0.0649. The molecule has 6 N–H and O–H groups in total. The fourth-order valence-electron chi connectivity index (χ4n) is 3.94. The number of thiazole rings is 1. The zero-order chi connectivity index (χ0) is 30.8. The lowest BCUT2D eigenvalue weighted by molar-refractivity contribution is -0.150. The molecule has 2 aliphatic heterocycles. The van der Waals surface area contributed by atoms with E-state index < -0.39 is 40.4 Å². The van der Waals surface area contributed by atoms with Crippen LogP contribution in [0.3, 0.4) is 0 Å². The molecule has 0 aliphatic carbocycles. The molecule has 0 bridgehead atoms. The number of carbonyl (C=O) groups is 3. The Kier molecular flexibility index (Phi) is 9.15. The highest BCUT2D eigenvalue weighted by Crippen LogP contribution is 2.42. The molecule has 5 rings (SSSR count). The van der Waals surface area contributed by atoms with Crippen LogP contribution in [0, 0.1) is 0 Å². The van der Waals surface area contributed by atoms with Gasteiger partial charge in [-0.15, -0.1) is 23.1 Å². The molecule has 0 saturated carbocycles.